The minimum atomic E-state index is -3.93. The van der Waals surface area contributed by atoms with Gasteiger partial charge >= 0.3 is 0 Å². The summed E-state index contributed by atoms with van der Waals surface area (Å²) < 4.78 is 47.4. The van der Waals surface area contributed by atoms with Crippen LogP contribution in [0, 0.1) is 0 Å². The summed E-state index contributed by atoms with van der Waals surface area (Å²) in [5, 5.41) is 4.95. The molecule has 0 heterocycles. The van der Waals surface area contributed by atoms with E-state index in [-0.39, 0.29) is 22.9 Å². The van der Waals surface area contributed by atoms with Crippen LogP contribution in [0.2, 0.25) is 0 Å². The van der Waals surface area contributed by atoms with Crippen LogP contribution in [-0.4, -0.2) is 41.3 Å². The third-order valence-electron chi connectivity index (χ3n) is 2.29. The number of sulfonamides is 2. The molecule has 0 aliphatic rings. The van der Waals surface area contributed by atoms with E-state index in [0.717, 1.165) is 10.4 Å². The molecule has 0 saturated carbocycles. The molecular weight excluding hydrogens is 278 g/mol. The van der Waals surface area contributed by atoms with Crippen molar-refractivity contribution in [3.8, 4) is 0 Å². The van der Waals surface area contributed by atoms with E-state index in [1.807, 2.05) is 0 Å². The number of nitrogens with two attached hydrogens (primary N) is 2. The Hall–Kier alpha value is -1.00. The fraction of sp³-hybridized carbons (Fsp3) is 0.333. The fourth-order valence-electron chi connectivity index (χ4n) is 1.29. The lowest BCUT2D eigenvalue weighted by Gasteiger charge is -2.16. The maximum atomic E-state index is 12.0. The lowest BCUT2D eigenvalue weighted by Crippen LogP contribution is -2.31. The van der Waals surface area contributed by atoms with Crippen LogP contribution >= 0.6 is 0 Å². The molecule has 1 aromatic carbocycles. The summed E-state index contributed by atoms with van der Waals surface area (Å²) in [7, 11) is -6.31. The van der Waals surface area contributed by atoms with Gasteiger partial charge in [-0.1, -0.05) is 6.07 Å². The van der Waals surface area contributed by atoms with Gasteiger partial charge in [-0.05, 0) is 18.2 Å². The van der Waals surface area contributed by atoms with Crippen LogP contribution in [0.15, 0.2) is 34.1 Å². The summed E-state index contributed by atoms with van der Waals surface area (Å²) in [6.45, 7) is 0.312. The van der Waals surface area contributed by atoms with Crippen molar-refractivity contribution in [2.45, 2.75) is 9.79 Å². The van der Waals surface area contributed by atoms with E-state index in [0.29, 0.717) is 0 Å². The van der Waals surface area contributed by atoms with Gasteiger partial charge in [-0.25, -0.2) is 22.0 Å². The average Bonchev–Trinajstić information content (AvgIpc) is 2.28. The summed E-state index contributed by atoms with van der Waals surface area (Å²) in [6, 6.07) is 4.88. The first-order valence-corrected chi connectivity index (χ1v) is 7.97. The molecule has 18 heavy (non-hydrogen) atoms. The van der Waals surface area contributed by atoms with Gasteiger partial charge in [-0.2, -0.15) is 4.31 Å². The molecule has 7 nitrogen and oxygen atoms in total. The molecule has 0 bridgehead atoms. The number of nitrogens with zero attached hydrogens (tertiary/aromatic N) is 1. The van der Waals surface area contributed by atoms with Crippen molar-refractivity contribution in [3.63, 3.8) is 0 Å². The second-order valence-electron chi connectivity index (χ2n) is 3.64. The molecule has 0 fully saturated rings. The SMILES string of the molecule is CN(CCN)S(=O)(=O)c1cccc(S(N)(=O)=O)c1. The smallest absolute Gasteiger partial charge is 0.242 e. The van der Waals surface area contributed by atoms with Crippen molar-refractivity contribution in [2.75, 3.05) is 20.1 Å². The monoisotopic (exact) mass is 293 g/mol. The molecule has 0 saturated heterocycles. The molecule has 9 heteroatoms. The van der Waals surface area contributed by atoms with Gasteiger partial charge in [-0.3, -0.25) is 0 Å². The van der Waals surface area contributed by atoms with Gasteiger partial charge in [0, 0.05) is 20.1 Å². The first-order valence-electron chi connectivity index (χ1n) is 4.99. The number of benzene rings is 1. The Labute approximate surface area is 106 Å². The third-order valence-corrected chi connectivity index (χ3v) is 5.05. The molecule has 4 N–H and O–H groups in total. The zero-order valence-corrected chi connectivity index (χ0v) is 11.4. The molecule has 1 aromatic rings. The standard InChI is InChI=1S/C9H15N3O4S2/c1-12(6-5-10)18(15,16)9-4-2-3-8(7-9)17(11,13)14/h2-4,7H,5-6,10H2,1H3,(H2,11,13,14). The highest BCUT2D eigenvalue weighted by molar-refractivity contribution is 7.90. The third kappa shape index (κ3) is 3.27. The Balaban J connectivity index is 3.27. The fourth-order valence-corrected chi connectivity index (χ4v) is 3.16. The Kier molecular flexibility index (Phi) is 4.46. The van der Waals surface area contributed by atoms with Gasteiger partial charge in [0.05, 0.1) is 9.79 Å². The van der Waals surface area contributed by atoms with Crippen LogP contribution in [0.25, 0.3) is 0 Å². The van der Waals surface area contributed by atoms with Crippen LogP contribution in [0.3, 0.4) is 0 Å². The van der Waals surface area contributed by atoms with Crippen molar-refractivity contribution in [1.29, 1.82) is 0 Å². The van der Waals surface area contributed by atoms with Crippen LogP contribution in [0.4, 0.5) is 0 Å². The zero-order valence-electron chi connectivity index (χ0n) is 9.78. The van der Waals surface area contributed by atoms with Crippen molar-refractivity contribution in [1.82, 2.24) is 4.31 Å². The van der Waals surface area contributed by atoms with Gasteiger partial charge in [0.25, 0.3) is 0 Å². The molecule has 0 aliphatic heterocycles. The number of hydrogen-bond acceptors (Lipinski definition) is 5. The first-order chi connectivity index (χ1) is 8.19. The van der Waals surface area contributed by atoms with Crippen LogP contribution in [0.1, 0.15) is 0 Å². The summed E-state index contributed by atoms with van der Waals surface area (Å²) in [6.07, 6.45) is 0. The normalized spacial score (nSPS) is 12.9. The van der Waals surface area contributed by atoms with E-state index in [1.165, 1.54) is 25.2 Å². The second-order valence-corrected chi connectivity index (χ2v) is 7.24. The van der Waals surface area contributed by atoms with Gasteiger partial charge in [-0.15, -0.1) is 0 Å². The van der Waals surface area contributed by atoms with E-state index in [9.17, 15) is 16.8 Å². The molecule has 0 spiro atoms. The van der Waals surface area contributed by atoms with Gasteiger partial charge < -0.3 is 5.73 Å². The Morgan fingerprint density at radius 2 is 1.72 bits per heavy atom. The topological polar surface area (TPSA) is 124 Å². The number of primary sulfonamides is 1. The zero-order chi connectivity index (χ0) is 14.0. The summed E-state index contributed by atoms with van der Waals surface area (Å²) in [5.41, 5.74) is 5.28. The Morgan fingerprint density at radius 3 is 2.22 bits per heavy atom. The molecule has 1 rings (SSSR count). The van der Waals surface area contributed by atoms with E-state index < -0.39 is 20.0 Å². The molecule has 0 radical (unpaired) electrons. The molecule has 0 atom stereocenters. The molecule has 0 aliphatic carbocycles. The minimum absolute atomic E-state index is 0.134. The molecular formula is C9H15N3O4S2. The van der Waals surface area contributed by atoms with E-state index in [4.69, 9.17) is 10.9 Å². The van der Waals surface area contributed by atoms with Crippen LogP contribution in [0.5, 0.6) is 0 Å². The highest BCUT2D eigenvalue weighted by atomic mass is 32.2. The maximum Gasteiger partial charge on any atom is 0.242 e. The van der Waals surface area contributed by atoms with E-state index in [1.54, 1.807) is 0 Å². The van der Waals surface area contributed by atoms with Crippen molar-refractivity contribution >= 4 is 20.0 Å². The molecule has 0 amide bonds. The van der Waals surface area contributed by atoms with E-state index >= 15 is 0 Å². The van der Waals surface area contributed by atoms with Crippen molar-refractivity contribution in [3.05, 3.63) is 24.3 Å². The predicted octanol–water partition coefficient (Wildman–Crippen LogP) is -1.09. The molecule has 0 unspecified atom stereocenters. The van der Waals surface area contributed by atoms with Crippen LogP contribution < -0.4 is 10.9 Å². The first kappa shape index (κ1) is 15.1. The second kappa shape index (κ2) is 5.33. The van der Waals surface area contributed by atoms with Crippen molar-refractivity contribution < 1.29 is 16.8 Å². The van der Waals surface area contributed by atoms with Crippen LogP contribution in [-0.2, 0) is 20.0 Å². The summed E-state index contributed by atoms with van der Waals surface area (Å²) >= 11 is 0. The number of rotatable bonds is 5. The lowest BCUT2D eigenvalue weighted by molar-refractivity contribution is 0.476. The van der Waals surface area contributed by atoms with Crippen molar-refractivity contribution in [2.24, 2.45) is 10.9 Å². The average molecular weight is 293 g/mol. The quantitative estimate of drug-likeness (QED) is 0.714. The predicted molar refractivity (Wildman–Crippen MR) is 66.7 cm³/mol. The Morgan fingerprint density at radius 1 is 1.17 bits per heavy atom. The highest BCUT2D eigenvalue weighted by Gasteiger charge is 2.21. The van der Waals surface area contributed by atoms with E-state index in [2.05, 4.69) is 0 Å². The van der Waals surface area contributed by atoms with Gasteiger partial charge in [0.1, 0.15) is 0 Å². The highest BCUT2D eigenvalue weighted by Crippen LogP contribution is 2.17. The largest absolute Gasteiger partial charge is 0.329 e. The summed E-state index contributed by atoms with van der Waals surface area (Å²) in [4.78, 5) is -0.380. The maximum absolute atomic E-state index is 12.0. The number of likely N-dealkylation sites (N-methyl/N-ethyl adjacent to an activating group) is 1. The summed E-state index contributed by atoms with van der Waals surface area (Å²) in [5.74, 6) is 0. The Bertz CT molecular complexity index is 625. The molecule has 102 valence electrons. The molecule has 0 aromatic heterocycles. The minimum Gasteiger partial charge on any atom is -0.329 e. The lowest BCUT2D eigenvalue weighted by atomic mass is 10.4. The van der Waals surface area contributed by atoms with Gasteiger partial charge in [0.2, 0.25) is 20.0 Å². The van der Waals surface area contributed by atoms with Gasteiger partial charge in [0.15, 0.2) is 0 Å². The number of hydrogen-bond donors (Lipinski definition) is 2.